The SMILES string of the molecule is CCC(=O)N1CCN(c2ccc(Cl)cc2C#N)CC1. The lowest BCUT2D eigenvalue weighted by Gasteiger charge is -2.36. The highest BCUT2D eigenvalue weighted by atomic mass is 35.5. The molecule has 5 heteroatoms. The number of carbonyl (C=O) groups excluding carboxylic acids is 1. The predicted octanol–water partition coefficient (Wildman–Crippen LogP) is 2.27. The molecule has 0 spiro atoms. The van der Waals surface area contributed by atoms with Gasteiger partial charge in [0.25, 0.3) is 0 Å². The molecule has 0 radical (unpaired) electrons. The van der Waals surface area contributed by atoms with Crippen molar-refractivity contribution < 1.29 is 4.79 Å². The van der Waals surface area contributed by atoms with Crippen LogP contribution in [0, 0.1) is 11.3 Å². The molecule has 0 aromatic heterocycles. The van der Waals surface area contributed by atoms with Gasteiger partial charge in [-0.05, 0) is 18.2 Å². The number of carbonyl (C=O) groups is 1. The number of amides is 1. The molecule has 100 valence electrons. The van der Waals surface area contributed by atoms with Crippen molar-refractivity contribution in [1.29, 1.82) is 5.26 Å². The van der Waals surface area contributed by atoms with Gasteiger partial charge in [0.05, 0.1) is 11.3 Å². The molecule has 0 aliphatic carbocycles. The third-order valence-electron chi connectivity index (χ3n) is 3.35. The Labute approximate surface area is 118 Å². The second kappa shape index (κ2) is 5.94. The third-order valence-corrected chi connectivity index (χ3v) is 3.59. The molecule has 1 aromatic carbocycles. The van der Waals surface area contributed by atoms with Crippen LogP contribution >= 0.6 is 11.6 Å². The van der Waals surface area contributed by atoms with Crippen LogP contribution in [0.1, 0.15) is 18.9 Å². The monoisotopic (exact) mass is 277 g/mol. The standard InChI is InChI=1S/C14H16ClN3O/c1-2-14(19)18-7-5-17(6-8-18)13-4-3-12(15)9-11(13)10-16/h3-4,9H,2,5-8H2,1H3. The fourth-order valence-electron chi connectivity index (χ4n) is 2.29. The molecule has 1 amide bonds. The lowest BCUT2D eigenvalue weighted by Crippen LogP contribution is -2.48. The topological polar surface area (TPSA) is 47.3 Å². The molecule has 0 saturated carbocycles. The van der Waals surface area contributed by atoms with E-state index in [4.69, 9.17) is 16.9 Å². The van der Waals surface area contributed by atoms with Gasteiger partial charge in [-0.2, -0.15) is 5.26 Å². The molecule has 19 heavy (non-hydrogen) atoms. The molecule has 1 saturated heterocycles. The summed E-state index contributed by atoms with van der Waals surface area (Å²) in [6.45, 7) is 4.80. The first-order valence-corrected chi connectivity index (χ1v) is 6.76. The molecule has 1 fully saturated rings. The summed E-state index contributed by atoms with van der Waals surface area (Å²) in [7, 11) is 0. The van der Waals surface area contributed by atoms with E-state index < -0.39 is 0 Å². The van der Waals surface area contributed by atoms with Crippen molar-refractivity contribution in [2.75, 3.05) is 31.1 Å². The van der Waals surface area contributed by atoms with Crippen LogP contribution in [0.4, 0.5) is 5.69 Å². The summed E-state index contributed by atoms with van der Waals surface area (Å²) in [6, 6.07) is 7.52. The van der Waals surface area contributed by atoms with Gasteiger partial charge in [0.15, 0.2) is 0 Å². The Balaban J connectivity index is 2.10. The highest BCUT2D eigenvalue weighted by Gasteiger charge is 2.21. The summed E-state index contributed by atoms with van der Waals surface area (Å²) >= 11 is 5.90. The Morgan fingerprint density at radius 3 is 2.63 bits per heavy atom. The number of hydrogen-bond donors (Lipinski definition) is 0. The maximum Gasteiger partial charge on any atom is 0.222 e. The molecular weight excluding hydrogens is 262 g/mol. The maximum absolute atomic E-state index is 11.6. The molecule has 0 bridgehead atoms. The van der Waals surface area contributed by atoms with Gasteiger partial charge in [-0.15, -0.1) is 0 Å². The Morgan fingerprint density at radius 1 is 1.37 bits per heavy atom. The number of anilines is 1. The zero-order valence-corrected chi connectivity index (χ0v) is 11.7. The van der Waals surface area contributed by atoms with Gasteiger partial charge >= 0.3 is 0 Å². The number of hydrogen-bond acceptors (Lipinski definition) is 3. The number of halogens is 1. The van der Waals surface area contributed by atoms with E-state index in [-0.39, 0.29) is 5.91 Å². The minimum Gasteiger partial charge on any atom is -0.367 e. The van der Waals surface area contributed by atoms with Gasteiger partial charge < -0.3 is 9.80 Å². The summed E-state index contributed by atoms with van der Waals surface area (Å²) in [6.07, 6.45) is 0.546. The van der Waals surface area contributed by atoms with Crippen molar-refractivity contribution in [3.05, 3.63) is 28.8 Å². The second-order valence-electron chi connectivity index (χ2n) is 4.49. The van der Waals surface area contributed by atoms with Crippen molar-refractivity contribution in [2.24, 2.45) is 0 Å². The summed E-state index contributed by atoms with van der Waals surface area (Å²) in [5.74, 6) is 0.191. The number of piperazine rings is 1. The van der Waals surface area contributed by atoms with Crippen LogP contribution in [0.5, 0.6) is 0 Å². The zero-order chi connectivity index (χ0) is 13.8. The fourth-order valence-corrected chi connectivity index (χ4v) is 2.47. The summed E-state index contributed by atoms with van der Waals surface area (Å²) < 4.78 is 0. The van der Waals surface area contributed by atoms with E-state index in [2.05, 4.69) is 11.0 Å². The molecule has 0 N–H and O–H groups in total. The highest BCUT2D eigenvalue weighted by Crippen LogP contribution is 2.24. The van der Waals surface area contributed by atoms with Gasteiger partial charge in [0.2, 0.25) is 5.91 Å². The molecule has 1 aliphatic heterocycles. The van der Waals surface area contributed by atoms with E-state index in [1.165, 1.54) is 0 Å². The van der Waals surface area contributed by atoms with E-state index in [1.807, 2.05) is 17.9 Å². The molecule has 0 unspecified atom stereocenters. The Hall–Kier alpha value is -1.73. The Bertz CT molecular complexity index is 516. The number of benzene rings is 1. The summed E-state index contributed by atoms with van der Waals surface area (Å²) in [4.78, 5) is 15.6. The highest BCUT2D eigenvalue weighted by molar-refractivity contribution is 6.30. The lowest BCUT2D eigenvalue weighted by atomic mass is 10.1. The van der Waals surface area contributed by atoms with Crippen molar-refractivity contribution >= 4 is 23.2 Å². The predicted molar refractivity (Wildman–Crippen MR) is 75.3 cm³/mol. The first-order valence-electron chi connectivity index (χ1n) is 6.38. The Kier molecular flexibility index (Phi) is 4.28. The van der Waals surface area contributed by atoms with Crippen molar-refractivity contribution in [3.63, 3.8) is 0 Å². The van der Waals surface area contributed by atoms with Crippen molar-refractivity contribution in [3.8, 4) is 6.07 Å². The molecule has 4 nitrogen and oxygen atoms in total. The maximum atomic E-state index is 11.6. The van der Waals surface area contributed by atoms with E-state index in [1.54, 1.807) is 12.1 Å². The lowest BCUT2D eigenvalue weighted by molar-refractivity contribution is -0.131. The molecular formula is C14H16ClN3O. The van der Waals surface area contributed by atoms with Gasteiger partial charge in [-0.25, -0.2) is 0 Å². The van der Waals surface area contributed by atoms with Crippen LogP contribution in [0.15, 0.2) is 18.2 Å². The number of nitriles is 1. The summed E-state index contributed by atoms with van der Waals surface area (Å²) in [5.41, 5.74) is 1.48. The second-order valence-corrected chi connectivity index (χ2v) is 4.93. The fraction of sp³-hybridized carbons (Fsp3) is 0.429. The van der Waals surface area contributed by atoms with Crippen LogP contribution in [0.2, 0.25) is 5.02 Å². The molecule has 2 rings (SSSR count). The van der Waals surface area contributed by atoms with E-state index >= 15 is 0 Å². The van der Waals surface area contributed by atoms with Crippen molar-refractivity contribution in [2.45, 2.75) is 13.3 Å². The van der Waals surface area contributed by atoms with Gasteiger partial charge in [0.1, 0.15) is 6.07 Å². The van der Waals surface area contributed by atoms with Gasteiger partial charge in [-0.1, -0.05) is 18.5 Å². The first-order chi connectivity index (χ1) is 9.15. The van der Waals surface area contributed by atoms with Gasteiger partial charge in [-0.3, -0.25) is 4.79 Å². The molecule has 1 aliphatic rings. The van der Waals surface area contributed by atoms with Gasteiger partial charge in [0, 0.05) is 37.6 Å². The first kappa shape index (κ1) is 13.7. The van der Waals surface area contributed by atoms with E-state index in [0.29, 0.717) is 30.1 Å². The van der Waals surface area contributed by atoms with Crippen LogP contribution in [0.25, 0.3) is 0 Å². The minimum atomic E-state index is 0.191. The average molecular weight is 278 g/mol. The number of rotatable bonds is 2. The Morgan fingerprint density at radius 2 is 2.05 bits per heavy atom. The van der Waals surface area contributed by atoms with Crippen molar-refractivity contribution in [1.82, 2.24) is 4.90 Å². The smallest absolute Gasteiger partial charge is 0.222 e. The van der Waals surface area contributed by atoms with E-state index in [0.717, 1.165) is 18.8 Å². The number of nitrogens with zero attached hydrogens (tertiary/aromatic N) is 3. The quantitative estimate of drug-likeness (QED) is 0.833. The minimum absolute atomic E-state index is 0.191. The van der Waals surface area contributed by atoms with Crippen LogP contribution in [-0.4, -0.2) is 37.0 Å². The summed E-state index contributed by atoms with van der Waals surface area (Å²) in [5, 5.41) is 9.72. The largest absolute Gasteiger partial charge is 0.367 e. The normalized spacial score (nSPS) is 15.2. The molecule has 1 heterocycles. The van der Waals surface area contributed by atoms with E-state index in [9.17, 15) is 4.79 Å². The van der Waals surface area contributed by atoms with Crippen LogP contribution in [-0.2, 0) is 4.79 Å². The zero-order valence-electron chi connectivity index (χ0n) is 10.9. The third kappa shape index (κ3) is 2.99. The van der Waals surface area contributed by atoms with Crippen LogP contribution < -0.4 is 4.90 Å². The average Bonchev–Trinajstić information content (AvgIpc) is 2.46. The molecule has 1 aromatic rings. The molecule has 0 atom stereocenters. The van der Waals surface area contributed by atoms with Crippen LogP contribution in [0.3, 0.4) is 0 Å².